The molecule has 0 saturated heterocycles. The fraction of sp³-hybridized carbons (Fsp3) is 0. The summed E-state index contributed by atoms with van der Waals surface area (Å²) in [5.41, 5.74) is 0.664. The quantitative estimate of drug-likeness (QED) is 0.665. The van der Waals surface area contributed by atoms with Crippen molar-refractivity contribution in [2.45, 2.75) is 0 Å². The van der Waals surface area contributed by atoms with E-state index in [2.05, 4.69) is 20.9 Å². The molecule has 0 aliphatic carbocycles. The number of nitrogens with one attached hydrogen (secondary N) is 1. The summed E-state index contributed by atoms with van der Waals surface area (Å²) < 4.78 is 0.861. The summed E-state index contributed by atoms with van der Waals surface area (Å²) >= 11 is 3.24. The third kappa shape index (κ3) is 1.36. The molecule has 1 aromatic heterocycles. The highest BCUT2D eigenvalue weighted by molar-refractivity contribution is 9.10. The molecule has 0 atom stereocenters. The molecule has 0 spiro atoms. The lowest BCUT2D eigenvalue weighted by Crippen LogP contribution is -1.84. The molecule has 1 N–H and O–H groups in total. The molecule has 1 rings (SSSR count). The molecular weight excluding hydrogens is 180 g/mol. The van der Waals surface area contributed by atoms with Crippen LogP contribution < -0.4 is 0 Å². The third-order valence-electron chi connectivity index (χ3n) is 0.924. The molecule has 2 nitrogen and oxygen atoms in total. The number of aromatic nitrogens is 1. The van der Waals surface area contributed by atoms with E-state index in [1.54, 1.807) is 6.20 Å². The van der Waals surface area contributed by atoms with E-state index in [0.29, 0.717) is 5.69 Å². The molecular formula is C6H5BrN2. The van der Waals surface area contributed by atoms with Gasteiger partial charge in [0.1, 0.15) is 0 Å². The zero-order valence-electron chi connectivity index (χ0n) is 4.63. The summed E-state index contributed by atoms with van der Waals surface area (Å²) in [6, 6.07) is 3.67. The van der Waals surface area contributed by atoms with E-state index in [9.17, 15) is 0 Å². The van der Waals surface area contributed by atoms with E-state index in [1.807, 2.05) is 12.1 Å². The maximum Gasteiger partial charge on any atom is 0.0946 e. The smallest absolute Gasteiger partial charge is 0.0946 e. The number of rotatable bonds is 1. The molecule has 0 unspecified atom stereocenters. The molecule has 0 aliphatic heterocycles. The van der Waals surface area contributed by atoms with Crippen molar-refractivity contribution in [3.05, 3.63) is 28.5 Å². The van der Waals surface area contributed by atoms with Crippen LogP contribution in [0.1, 0.15) is 5.69 Å². The number of halogens is 1. The van der Waals surface area contributed by atoms with Crippen molar-refractivity contribution < 1.29 is 0 Å². The zero-order chi connectivity index (χ0) is 6.69. The minimum absolute atomic E-state index is 0.664. The highest BCUT2D eigenvalue weighted by Crippen LogP contribution is 2.09. The van der Waals surface area contributed by atoms with Gasteiger partial charge in [0.15, 0.2) is 0 Å². The van der Waals surface area contributed by atoms with Crippen LogP contribution in [0.5, 0.6) is 0 Å². The molecule has 0 aliphatic rings. The molecule has 0 radical (unpaired) electrons. The Morgan fingerprint density at radius 1 is 1.67 bits per heavy atom. The van der Waals surface area contributed by atoms with Gasteiger partial charge >= 0.3 is 0 Å². The number of hydrogen-bond donors (Lipinski definition) is 1. The standard InChI is InChI=1S/C6H5BrN2/c7-5-2-1-3-9-6(5)4-8/h1-4,8H. The molecule has 0 aromatic carbocycles. The Labute approximate surface area is 61.6 Å². The first-order valence-corrected chi connectivity index (χ1v) is 3.25. The Morgan fingerprint density at radius 2 is 2.44 bits per heavy atom. The van der Waals surface area contributed by atoms with E-state index in [4.69, 9.17) is 5.41 Å². The largest absolute Gasteiger partial charge is 0.306 e. The summed E-state index contributed by atoms with van der Waals surface area (Å²) in [5.74, 6) is 0. The van der Waals surface area contributed by atoms with Crippen LogP contribution in [0.4, 0.5) is 0 Å². The lowest BCUT2D eigenvalue weighted by molar-refractivity contribution is 1.27. The molecule has 0 fully saturated rings. The predicted molar refractivity (Wildman–Crippen MR) is 39.8 cm³/mol. The fourth-order valence-corrected chi connectivity index (χ4v) is 0.874. The van der Waals surface area contributed by atoms with Crippen molar-refractivity contribution in [3.8, 4) is 0 Å². The average molecular weight is 185 g/mol. The second-order valence-electron chi connectivity index (χ2n) is 1.51. The number of pyridine rings is 1. The van der Waals surface area contributed by atoms with Gasteiger partial charge in [0.25, 0.3) is 0 Å². The van der Waals surface area contributed by atoms with Crippen LogP contribution in [0.2, 0.25) is 0 Å². The predicted octanol–water partition coefficient (Wildman–Crippen LogP) is 1.84. The van der Waals surface area contributed by atoms with Gasteiger partial charge in [0.2, 0.25) is 0 Å². The summed E-state index contributed by atoms with van der Waals surface area (Å²) in [5, 5.41) is 6.87. The monoisotopic (exact) mass is 184 g/mol. The first kappa shape index (κ1) is 6.42. The van der Waals surface area contributed by atoms with Gasteiger partial charge in [-0.1, -0.05) is 0 Å². The van der Waals surface area contributed by atoms with Crippen molar-refractivity contribution in [1.82, 2.24) is 4.98 Å². The average Bonchev–Trinajstić information content (AvgIpc) is 1.89. The van der Waals surface area contributed by atoms with Crippen molar-refractivity contribution >= 4 is 22.1 Å². The van der Waals surface area contributed by atoms with Crippen LogP contribution in [0.25, 0.3) is 0 Å². The van der Waals surface area contributed by atoms with Gasteiger partial charge in [0, 0.05) is 16.9 Å². The van der Waals surface area contributed by atoms with Gasteiger partial charge in [-0.05, 0) is 28.1 Å². The molecule has 1 aromatic rings. The normalized spacial score (nSPS) is 9.00. The molecule has 9 heavy (non-hydrogen) atoms. The first-order valence-electron chi connectivity index (χ1n) is 2.45. The Morgan fingerprint density at radius 3 is 2.89 bits per heavy atom. The van der Waals surface area contributed by atoms with Gasteiger partial charge in [-0.25, -0.2) is 0 Å². The molecule has 1 heterocycles. The van der Waals surface area contributed by atoms with E-state index in [-0.39, 0.29) is 0 Å². The summed E-state index contributed by atoms with van der Waals surface area (Å²) in [6.07, 6.45) is 2.87. The van der Waals surface area contributed by atoms with Gasteiger partial charge in [0.05, 0.1) is 5.69 Å². The van der Waals surface area contributed by atoms with Crippen LogP contribution in [-0.2, 0) is 0 Å². The summed E-state index contributed by atoms with van der Waals surface area (Å²) in [7, 11) is 0. The van der Waals surface area contributed by atoms with E-state index < -0.39 is 0 Å². The lowest BCUT2D eigenvalue weighted by atomic mass is 10.4. The second-order valence-corrected chi connectivity index (χ2v) is 2.37. The minimum atomic E-state index is 0.664. The van der Waals surface area contributed by atoms with Crippen LogP contribution >= 0.6 is 15.9 Å². The van der Waals surface area contributed by atoms with Crippen molar-refractivity contribution in [1.29, 1.82) is 5.41 Å². The zero-order valence-corrected chi connectivity index (χ0v) is 6.22. The SMILES string of the molecule is N=Cc1ncccc1Br. The van der Waals surface area contributed by atoms with Crippen molar-refractivity contribution in [2.75, 3.05) is 0 Å². The maximum absolute atomic E-state index is 6.87. The molecule has 0 amide bonds. The van der Waals surface area contributed by atoms with E-state index in [0.717, 1.165) is 4.47 Å². The van der Waals surface area contributed by atoms with Crippen LogP contribution in [0, 0.1) is 5.41 Å². The highest BCUT2D eigenvalue weighted by atomic mass is 79.9. The molecule has 0 saturated carbocycles. The van der Waals surface area contributed by atoms with Crippen molar-refractivity contribution in [2.24, 2.45) is 0 Å². The number of hydrogen-bond acceptors (Lipinski definition) is 2. The summed E-state index contributed by atoms with van der Waals surface area (Å²) in [4.78, 5) is 3.91. The van der Waals surface area contributed by atoms with Gasteiger partial charge in [-0.3, -0.25) is 4.98 Å². The Balaban J connectivity index is 3.15. The van der Waals surface area contributed by atoms with Crippen LogP contribution in [0.15, 0.2) is 22.8 Å². The van der Waals surface area contributed by atoms with Crippen LogP contribution in [-0.4, -0.2) is 11.2 Å². The minimum Gasteiger partial charge on any atom is -0.306 e. The third-order valence-corrected chi connectivity index (χ3v) is 1.59. The summed E-state index contributed by atoms with van der Waals surface area (Å²) in [6.45, 7) is 0. The highest BCUT2D eigenvalue weighted by Gasteiger charge is 1.91. The fourth-order valence-electron chi connectivity index (χ4n) is 0.504. The first-order chi connectivity index (χ1) is 4.34. The van der Waals surface area contributed by atoms with Crippen LogP contribution in [0.3, 0.4) is 0 Å². The topological polar surface area (TPSA) is 36.7 Å². The molecule has 0 bridgehead atoms. The van der Waals surface area contributed by atoms with Gasteiger partial charge in [-0.2, -0.15) is 0 Å². The van der Waals surface area contributed by atoms with Gasteiger partial charge in [-0.15, -0.1) is 0 Å². The Kier molecular flexibility index (Phi) is 1.95. The van der Waals surface area contributed by atoms with E-state index in [1.165, 1.54) is 6.21 Å². The number of nitrogens with zero attached hydrogens (tertiary/aromatic N) is 1. The lowest BCUT2D eigenvalue weighted by Gasteiger charge is -1.91. The Hall–Kier alpha value is -0.700. The molecule has 3 heteroatoms. The van der Waals surface area contributed by atoms with E-state index >= 15 is 0 Å². The Bertz CT molecular complexity index is 222. The van der Waals surface area contributed by atoms with Crippen molar-refractivity contribution in [3.63, 3.8) is 0 Å². The second kappa shape index (κ2) is 2.73. The molecule has 46 valence electrons. The van der Waals surface area contributed by atoms with Gasteiger partial charge < -0.3 is 5.41 Å². The maximum atomic E-state index is 6.87.